The van der Waals surface area contributed by atoms with Crippen LogP contribution in [0, 0.1) is 25.2 Å². The van der Waals surface area contributed by atoms with Crippen LogP contribution in [0.5, 0.6) is 5.88 Å². The number of aromatic nitrogens is 3. The summed E-state index contributed by atoms with van der Waals surface area (Å²) in [5.41, 5.74) is 1.61. The van der Waals surface area contributed by atoms with Gasteiger partial charge < -0.3 is 4.74 Å². The Kier molecular flexibility index (Phi) is 5.24. The zero-order valence-corrected chi connectivity index (χ0v) is 13.8. The summed E-state index contributed by atoms with van der Waals surface area (Å²) < 4.78 is 5.23. The molecule has 2 aromatic heterocycles. The molecule has 0 amide bonds. The molecule has 23 heavy (non-hydrogen) atoms. The van der Waals surface area contributed by atoms with Gasteiger partial charge in [0.2, 0.25) is 5.88 Å². The van der Waals surface area contributed by atoms with Crippen molar-refractivity contribution in [2.45, 2.75) is 26.7 Å². The molecule has 118 valence electrons. The van der Waals surface area contributed by atoms with E-state index in [4.69, 9.17) is 16.3 Å². The molecule has 0 fully saturated rings. The standard InChI is InChI=1S/C16H15ClN4O2/c1-4-23-16-13(17)6-11(8-19-16)14(22)12(7-18)15-20-9(2)5-10(3)21-15/h5-6,8,12H,4H2,1-3H3. The van der Waals surface area contributed by atoms with E-state index in [1.165, 1.54) is 12.3 Å². The molecule has 6 nitrogen and oxygen atoms in total. The normalized spacial score (nSPS) is 11.6. The van der Waals surface area contributed by atoms with Crippen LogP contribution in [-0.2, 0) is 0 Å². The number of carbonyl (C=O) groups excluding carboxylic acids is 1. The average molecular weight is 331 g/mol. The first-order valence-corrected chi connectivity index (χ1v) is 7.38. The number of carbonyl (C=O) groups is 1. The summed E-state index contributed by atoms with van der Waals surface area (Å²) in [5, 5.41) is 9.59. The topological polar surface area (TPSA) is 88.8 Å². The van der Waals surface area contributed by atoms with Crippen LogP contribution in [0.2, 0.25) is 5.02 Å². The Morgan fingerprint density at radius 2 is 2.00 bits per heavy atom. The minimum Gasteiger partial charge on any atom is -0.477 e. The number of ether oxygens (including phenoxy) is 1. The molecular weight excluding hydrogens is 316 g/mol. The van der Waals surface area contributed by atoms with Crippen molar-refractivity contribution in [3.8, 4) is 11.9 Å². The van der Waals surface area contributed by atoms with Crippen LogP contribution in [0.4, 0.5) is 0 Å². The van der Waals surface area contributed by atoms with Crippen LogP contribution in [0.15, 0.2) is 18.3 Å². The smallest absolute Gasteiger partial charge is 0.232 e. The van der Waals surface area contributed by atoms with E-state index in [1.807, 2.05) is 6.07 Å². The van der Waals surface area contributed by atoms with Crippen molar-refractivity contribution in [3.05, 3.63) is 46.1 Å². The van der Waals surface area contributed by atoms with Crippen molar-refractivity contribution < 1.29 is 9.53 Å². The third-order valence-corrected chi connectivity index (χ3v) is 3.29. The lowest BCUT2D eigenvalue weighted by molar-refractivity contribution is 0.0975. The number of aryl methyl sites for hydroxylation is 2. The number of hydrogen-bond donors (Lipinski definition) is 0. The van der Waals surface area contributed by atoms with Crippen molar-refractivity contribution in [1.82, 2.24) is 15.0 Å². The molecule has 0 saturated carbocycles. The first kappa shape index (κ1) is 16.8. The summed E-state index contributed by atoms with van der Waals surface area (Å²) in [6.07, 6.45) is 1.34. The monoisotopic (exact) mass is 330 g/mol. The SMILES string of the molecule is CCOc1ncc(C(=O)C(C#N)c2nc(C)cc(C)n2)cc1Cl. The Morgan fingerprint density at radius 3 is 2.52 bits per heavy atom. The summed E-state index contributed by atoms with van der Waals surface area (Å²) in [7, 11) is 0. The summed E-state index contributed by atoms with van der Waals surface area (Å²) in [6.45, 7) is 5.79. The Morgan fingerprint density at radius 1 is 1.35 bits per heavy atom. The highest BCUT2D eigenvalue weighted by Gasteiger charge is 2.26. The molecule has 0 aromatic carbocycles. The minimum absolute atomic E-state index is 0.181. The van der Waals surface area contributed by atoms with E-state index < -0.39 is 11.7 Å². The number of ketones is 1. The Labute approximate surface area is 139 Å². The molecule has 2 aromatic rings. The number of nitrogens with zero attached hydrogens (tertiary/aromatic N) is 4. The molecule has 0 N–H and O–H groups in total. The second-order valence-electron chi connectivity index (χ2n) is 4.88. The van der Waals surface area contributed by atoms with Crippen LogP contribution in [0.1, 0.15) is 40.4 Å². The highest BCUT2D eigenvalue weighted by atomic mass is 35.5. The van der Waals surface area contributed by atoms with Gasteiger partial charge in [-0.25, -0.2) is 15.0 Å². The van der Waals surface area contributed by atoms with Gasteiger partial charge >= 0.3 is 0 Å². The van der Waals surface area contributed by atoms with Gasteiger partial charge in [-0.1, -0.05) is 11.6 Å². The number of nitriles is 1. The molecule has 0 aliphatic carbocycles. The van der Waals surface area contributed by atoms with Crippen molar-refractivity contribution >= 4 is 17.4 Å². The van der Waals surface area contributed by atoms with Gasteiger partial charge in [0.25, 0.3) is 0 Å². The molecule has 2 heterocycles. The first-order chi connectivity index (χ1) is 11.0. The fraction of sp³-hybridized carbons (Fsp3) is 0.312. The highest BCUT2D eigenvalue weighted by molar-refractivity contribution is 6.32. The molecule has 7 heteroatoms. The van der Waals surface area contributed by atoms with Crippen molar-refractivity contribution in [3.63, 3.8) is 0 Å². The summed E-state index contributed by atoms with van der Waals surface area (Å²) in [5.74, 6) is -1.12. The Hall–Kier alpha value is -2.52. The van der Waals surface area contributed by atoms with E-state index in [0.29, 0.717) is 18.0 Å². The van der Waals surface area contributed by atoms with E-state index in [2.05, 4.69) is 15.0 Å². The fourth-order valence-corrected chi connectivity index (χ4v) is 2.31. The summed E-state index contributed by atoms with van der Waals surface area (Å²) >= 11 is 6.04. The third-order valence-electron chi connectivity index (χ3n) is 3.02. The predicted molar refractivity (Wildman–Crippen MR) is 84.6 cm³/mol. The lowest BCUT2D eigenvalue weighted by Crippen LogP contribution is -2.16. The maximum atomic E-state index is 12.6. The molecular formula is C16H15ClN4O2. The highest BCUT2D eigenvalue weighted by Crippen LogP contribution is 2.25. The Balaban J connectivity index is 2.37. The van der Waals surface area contributed by atoms with E-state index in [-0.39, 0.29) is 22.3 Å². The average Bonchev–Trinajstić information content (AvgIpc) is 2.49. The maximum Gasteiger partial charge on any atom is 0.232 e. The van der Waals surface area contributed by atoms with Gasteiger partial charge in [0, 0.05) is 23.1 Å². The van der Waals surface area contributed by atoms with Gasteiger partial charge in [0.05, 0.1) is 12.7 Å². The molecule has 0 spiro atoms. The van der Waals surface area contributed by atoms with Gasteiger partial charge in [-0.15, -0.1) is 0 Å². The number of halogens is 1. The molecule has 0 saturated heterocycles. The van der Waals surface area contributed by atoms with E-state index >= 15 is 0 Å². The van der Waals surface area contributed by atoms with Crippen molar-refractivity contribution in [2.24, 2.45) is 0 Å². The molecule has 1 unspecified atom stereocenters. The predicted octanol–water partition coefficient (Wildman–Crippen LogP) is 3.03. The van der Waals surface area contributed by atoms with E-state index in [9.17, 15) is 10.1 Å². The van der Waals surface area contributed by atoms with E-state index in [0.717, 1.165) is 0 Å². The second kappa shape index (κ2) is 7.16. The maximum absolute atomic E-state index is 12.6. The van der Waals surface area contributed by atoms with Crippen LogP contribution >= 0.6 is 11.6 Å². The van der Waals surface area contributed by atoms with Gasteiger partial charge in [0.1, 0.15) is 5.02 Å². The van der Waals surface area contributed by atoms with Crippen LogP contribution in [0.25, 0.3) is 0 Å². The number of pyridine rings is 1. The van der Waals surface area contributed by atoms with Crippen molar-refractivity contribution in [1.29, 1.82) is 5.26 Å². The van der Waals surface area contributed by atoms with Crippen LogP contribution in [0.3, 0.4) is 0 Å². The number of rotatable bonds is 5. The van der Waals surface area contributed by atoms with Crippen LogP contribution < -0.4 is 4.74 Å². The zero-order valence-electron chi connectivity index (χ0n) is 13.0. The summed E-state index contributed by atoms with van der Waals surface area (Å²) in [4.78, 5) is 25.0. The lowest BCUT2D eigenvalue weighted by atomic mass is 9.99. The summed E-state index contributed by atoms with van der Waals surface area (Å²) in [6, 6.07) is 5.17. The van der Waals surface area contributed by atoms with E-state index in [1.54, 1.807) is 26.8 Å². The molecule has 2 rings (SSSR count). The third kappa shape index (κ3) is 3.82. The number of Topliss-reactive ketones (excluding diaryl/α,β-unsaturated/α-hetero) is 1. The van der Waals surface area contributed by atoms with Gasteiger partial charge in [-0.05, 0) is 32.9 Å². The first-order valence-electron chi connectivity index (χ1n) is 7.00. The van der Waals surface area contributed by atoms with Gasteiger partial charge in [-0.2, -0.15) is 5.26 Å². The number of hydrogen-bond acceptors (Lipinski definition) is 6. The second-order valence-corrected chi connectivity index (χ2v) is 5.29. The molecule has 0 radical (unpaired) electrons. The molecule has 1 atom stereocenters. The van der Waals surface area contributed by atoms with Crippen LogP contribution in [-0.4, -0.2) is 27.3 Å². The minimum atomic E-state index is -1.11. The largest absolute Gasteiger partial charge is 0.477 e. The van der Waals surface area contributed by atoms with Gasteiger partial charge in [-0.3, -0.25) is 4.79 Å². The van der Waals surface area contributed by atoms with Crippen molar-refractivity contribution in [2.75, 3.05) is 6.61 Å². The van der Waals surface area contributed by atoms with Gasteiger partial charge in [0.15, 0.2) is 17.5 Å². The fourth-order valence-electron chi connectivity index (χ4n) is 2.09. The quantitative estimate of drug-likeness (QED) is 0.783. The lowest BCUT2D eigenvalue weighted by Gasteiger charge is -2.10. The molecule has 0 aliphatic heterocycles. The zero-order chi connectivity index (χ0) is 17.0. The molecule has 0 aliphatic rings. The Bertz CT molecular complexity index is 766. The molecule has 0 bridgehead atoms.